The molecule has 2 N–H and O–H groups in total. The van der Waals surface area contributed by atoms with Crippen molar-refractivity contribution in [2.75, 3.05) is 5.75 Å². The smallest absolute Gasteiger partial charge is 0.149 e. The molecule has 0 amide bonds. The molecule has 0 saturated heterocycles. The second-order valence-corrected chi connectivity index (χ2v) is 6.87. The van der Waals surface area contributed by atoms with Crippen molar-refractivity contribution in [1.82, 2.24) is 4.98 Å². The molecule has 0 fully saturated rings. The van der Waals surface area contributed by atoms with Crippen LogP contribution in [-0.2, 0) is 0 Å². The third-order valence-electron chi connectivity index (χ3n) is 3.24. The van der Waals surface area contributed by atoms with Crippen LogP contribution in [0.2, 0.25) is 0 Å². The van der Waals surface area contributed by atoms with E-state index in [1.807, 2.05) is 17.6 Å². The molecule has 4 heteroatoms. The number of hydrogen-bond acceptors (Lipinski definition) is 4. The number of nitrogens with zero attached hydrogens (tertiary/aromatic N) is 1. The summed E-state index contributed by atoms with van der Waals surface area (Å²) in [5.41, 5.74) is 9.87. The first-order valence-electron chi connectivity index (χ1n) is 6.76. The second kappa shape index (κ2) is 6.89. The van der Waals surface area contributed by atoms with E-state index in [9.17, 15) is 0 Å². The van der Waals surface area contributed by atoms with Gasteiger partial charge in [0, 0.05) is 23.4 Å². The Morgan fingerprint density at radius 1 is 1.00 bits per heavy atom. The standard InChI is InChI=1S/C17H16N2S2/c18-16(12-21-17-19-10-11-20-17)15-8-6-14(7-9-15)13-4-2-1-3-5-13/h1-11,16H,12,18H2. The van der Waals surface area contributed by atoms with Crippen LogP contribution in [0.1, 0.15) is 11.6 Å². The van der Waals surface area contributed by atoms with Crippen LogP contribution in [0.5, 0.6) is 0 Å². The van der Waals surface area contributed by atoms with E-state index in [1.165, 1.54) is 16.7 Å². The van der Waals surface area contributed by atoms with E-state index in [1.54, 1.807) is 23.1 Å². The summed E-state index contributed by atoms with van der Waals surface area (Å²) in [6, 6.07) is 18.9. The molecule has 2 nitrogen and oxygen atoms in total. The molecular formula is C17H16N2S2. The van der Waals surface area contributed by atoms with Crippen LogP contribution in [0, 0.1) is 0 Å². The topological polar surface area (TPSA) is 38.9 Å². The van der Waals surface area contributed by atoms with Gasteiger partial charge in [-0.2, -0.15) is 0 Å². The van der Waals surface area contributed by atoms with Crippen molar-refractivity contribution in [2.45, 2.75) is 10.4 Å². The van der Waals surface area contributed by atoms with Gasteiger partial charge in [0.25, 0.3) is 0 Å². The summed E-state index contributed by atoms with van der Waals surface area (Å²) < 4.78 is 1.08. The first kappa shape index (κ1) is 14.3. The summed E-state index contributed by atoms with van der Waals surface area (Å²) in [7, 11) is 0. The van der Waals surface area contributed by atoms with Gasteiger partial charge in [0.15, 0.2) is 0 Å². The van der Waals surface area contributed by atoms with Crippen LogP contribution in [0.15, 0.2) is 70.5 Å². The van der Waals surface area contributed by atoms with Crippen molar-refractivity contribution in [3.63, 3.8) is 0 Å². The van der Waals surface area contributed by atoms with Crippen LogP contribution in [0.4, 0.5) is 0 Å². The first-order chi connectivity index (χ1) is 10.3. The second-order valence-electron chi connectivity index (χ2n) is 4.70. The molecule has 0 spiro atoms. The van der Waals surface area contributed by atoms with Gasteiger partial charge < -0.3 is 5.73 Å². The van der Waals surface area contributed by atoms with E-state index >= 15 is 0 Å². The van der Waals surface area contributed by atoms with Gasteiger partial charge in [0.05, 0.1) is 0 Å². The van der Waals surface area contributed by atoms with Crippen LogP contribution in [0.3, 0.4) is 0 Å². The van der Waals surface area contributed by atoms with Gasteiger partial charge in [-0.1, -0.05) is 66.4 Å². The summed E-state index contributed by atoms with van der Waals surface area (Å²) in [4.78, 5) is 4.26. The fraction of sp³-hybridized carbons (Fsp3) is 0.118. The molecule has 0 aliphatic heterocycles. The minimum atomic E-state index is 0.0312. The Labute approximate surface area is 133 Å². The molecule has 1 aromatic heterocycles. The van der Waals surface area contributed by atoms with Gasteiger partial charge >= 0.3 is 0 Å². The van der Waals surface area contributed by atoms with E-state index in [0.717, 1.165) is 10.1 Å². The minimum absolute atomic E-state index is 0.0312. The molecule has 0 saturated carbocycles. The molecule has 2 aromatic carbocycles. The fourth-order valence-electron chi connectivity index (χ4n) is 2.09. The summed E-state index contributed by atoms with van der Waals surface area (Å²) in [6.07, 6.45) is 1.83. The number of thioether (sulfide) groups is 1. The lowest BCUT2D eigenvalue weighted by Gasteiger charge is -2.11. The average molecular weight is 312 g/mol. The normalized spacial score (nSPS) is 12.2. The molecule has 3 rings (SSSR count). The van der Waals surface area contributed by atoms with Gasteiger partial charge in [-0.3, -0.25) is 0 Å². The maximum Gasteiger partial charge on any atom is 0.149 e. The Hall–Kier alpha value is -1.62. The van der Waals surface area contributed by atoms with E-state index in [2.05, 4.69) is 53.5 Å². The van der Waals surface area contributed by atoms with Crippen molar-refractivity contribution < 1.29 is 0 Å². The fourth-order valence-corrected chi connectivity index (χ4v) is 3.75. The summed E-state index contributed by atoms with van der Waals surface area (Å²) in [6.45, 7) is 0. The number of thiazole rings is 1. The molecule has 21 heavy (non-hydrogen) atoms. The zero-order chi connectivity index (χ0) is 14.5. The molecular weight excluding hydrogens is 296 g/mol. The molecule has 1 heterocycles. The van der Waals surface area contributed by atoms with E-state index in [0.29, 0.717) is 0 Å². The third-order valence-corrected chi connectivity index (χ3v) is 5.33. The highest BCUT2D eigenvalue weighted by Crippen LogP contribution is 2.26. The van der Waals surface area contributed by atoms with Crippen molar-refractivity contribution in [2.24, 2.45) is 5.73 Å². The van der Waals surface area contributed by atoms with Crippen molar-refractivity contribution in [1.29, 1.82) is 0 Å². The Kier molecular flexibility index (Phi) is 4.70. The Balaban J connectivity index is 1.66. The minimum Gasteiger partial charge on any atom is -0.323 e. The highest BCUT2D eigenvalue weighted by Gasteiger charge is 2.08. The van der Waals surface area contributed by atoms with Gasteiger partial charge in [-0.25, -0.2) is 4.98 Å². The Bertz CT molecular complexity index is 664. The first-order valence-corrected chi connectivity index (χ1v) is 8.63. The van der Waals surface area contributed by atoms with Crippen LogP contribution < -0.4 is 5.73 Å². The molecule has 0 bridgehead atoms. The van der Waals surface area contributed by atoms with Gasteiger partial charge in [0.1, 0.15) is 4.34 Å². The average Bonchev–Trinajstić information content (AvgIpc) is 3.07. The summed E-state index contributed by atoms with van der Waals surface area (Å²) in [5, 5.41) is 1.99. The lowest BCUT2D eigenvalue weighted by molar-refractivity contribution is 0.831. The van der Waals surface area contributed by atoms with Gasteiger partial charge in [-0.05, 0) is 16.7 Å². The summed E-state index contributed by atoms with van der Waals surface area (Å²) in [5.74, 6) is 0.845. The number of nitrogens with two attached hydrogens (primary N) is 1. The Morgan fingerprint density at radius 3 is 2.38 bits per heavy atom. The maximum absolute atomic E-state index is 6.26. The predicted molar refractivity (Wildman–Crippen MR) is 91.6 cm³/mol. The van der Waals surface area contributed by atoms with Crippen molar-refractivity contribution in [3.05, 3.63) is 71.7 Å². The number of rotatable bonds is 5. The Morgan fingerprint density at radius 2 is 1.71 bits per heavy atom. The molecule has 1 unspecified atom stereocenters. The number of aromatic nitrogens is 1. The highest BCUT2D eigenvalue weighted by atomic mass is 32.2. The van der Waals surface area contributed by atoms with Gasteiger partial charge in [0.2, 0.25) is 0 Å². The van der Waals surface area contributed by atoms with Crippen molar-refractivity contribution in [3.8, 4) is 11.1 Å². The largest absolute Gasteiger partial charge is 0.323 e. The van der Waals surface area contributed by atoms with E-state index in [-0.39, 0.29) is 6.04 Å². The van der Waals surface area contributed by atoms with E-state index in [4.69, 9.17) is 5.73 Å². The van der Waals surface area contributed by atoms with Gasteiger partial charge in [-0.15, -0.1) is 11.3 Å². The lowest BCUT2D eigenvalue weighted by Crippen LogP contribution is -2.12. The molecule has 0 radical (unpaired) electrons. The quantitative estimate of drug-likeness (QED) is 0.700. The van der Waals surface area contributed by atoms with Crippen LogP contribution in [0.25, 0.3) is 11.1 Å². The third kappa shape index (κ3) is 3.73. The number of hydrogen-bond donors (Lipinski definition) is 1. The predicted octanol–water partition coefficient (Wildman–Crippen LogP) is 4.60. The van der Waals surface area contributed by atoms with Crippen LogP contribution in [-0.4, -0.2) is 10.7 Å². The molecule has 0 aliphatic rings. The van der Waals surface area contributed by atoms with Crippen molar-refractivity contribution >= 4 is 23.1 Å². The number of benzene rings is 2. The highest BCUT2D eigenvalue weighted by molar-refractivity contribution is 8.01. The molecule has 0 aliphatic carbocycles. The zero-order valence-corrected chi connectivity index (χ0v) is 13.1. The zero-order valence-electron chi connectivity index (χ0n) is 11.5. The van der Waals surface area contributed by atoms with Crippen LogP contribution >= 0.6 is 23.1 Å². The molecule has 106 valence electrons. The SMILES string of the molecule is NC(CSc1nccs1)c1ccc(-c2ccccc2)cc1. The van der Waals surface area contributed by atoms with E-state index < -0.39 is 0 Å². The monoisotopic (exact) mass is 312 g/mol. The molecule has 3 aromatic rings. The maximum atomic E-state index is 6.26. The summed E-state index contributed by atoms with van der Waals surface area (Å²) >= 11 is 3.37. The molecule has 1 atom stereocenters. The lowest BCUT2D eigenvalue weighted by atomic mass is 10.0.